The highest BCUT2D eigenvalue weighted by Gasteiger charge is 2.01. The van der Waals surface area contributed by atoms with Crippen LogP contribution in [0.4, 0.5) is 9.18 Å². The van der Waals surface area contributed by atoms with Crippen LogP contribution in [-0.2, 0) is 6.54 Å². The maximum Gasteiger partial charge on any atom is 0.315 e. The molecule has 1 aromatic carbocycles. The van der Waals surface area contributed by atoms with Crippen molar-refractivity contribution < 1.29 is 18.3 Å². The number of carbonyl (C=O) groups excluding carboxylic acids is 1. The van der Waals surface area contributed by atoms with Gasteiger partial charge in [0.1, 0.15) is 23.9 Å². The Morgan fingerprint density at radius 2 is 2.00 bits per heavy atom. The van der Waals surface area contributed by atoms with Gasteiger partial charge in [0.05, 0.1) is 19.4 Å². The van der Waals surface area contributed by atoms with Gasteiger partial charge in [-0.25, -0.2) is 9.18 Å². The summed E-state index contributed by atoms with van der Waals surface area (Å²) in [6, 6.07) is 8.93. The number of furan rings is 1. The second-order valence-electron chi connectivity index (χ2n) is 3.99. The van der Waals surface area contributed by atoms with E-state index >= 15 is 0 Å². The molecule has 0 aliphatic heterocycles. The lowest BCUT2D eigenvalue weighted by molar-refractivity contribution is 0.235. The molecule has 6 heteroatoms. The lowest BCUT2D eigenvalue weighted by atomic mass is 10.3. The molecule has 0 saturated heterocycles. The van der Waals surface area contributed by atoms with Crippen LogP contribution in [0.2, 0.25) is 0 Å². The first-order valence-electron chi connectivity index (χ1n) is 6.16. The standard InChI is InChI=1S/C14H15FN2O3/c15-11-3-5-12(6-4-11)20-9-7-16-14(18)17-10-13-2-1-8-19-13/h1-6,8H,7,9-10H2,(H2,16,17,18). The van der Waals surface area contributed by atoms with Crippen LogP contribution in [0.5, 0.6) is 5.75 Å². The van der Waals surface area contributed by atoms with E-state index in [0.717, 1.165) is 0 Å². The van der Waals surface area contributed by atoms with Crippen molar-refractivity contribution in [1.82, 2.24) is 10.6 Å². The Kier molecular flexibility index (Phi) is 5.00. The minimum atomic E-state index is -0.312. The Morgan fingerprint density at radius 3 is 2.70 bits per heavy atom. The average Bonchev–Trinajstić information content (AvgIpc) is 2.96. The van der Waals surface area contributed by atoms with Crippen LogP contribution in [0, 0.1) is 5.82 Å². The van der Waals surface area contributed by atoms with Crippen LogP contribution in [0.25, 0.3) is 0 Å². The van der Waals surface area contributed by atoms with Crippen LogP contribution in [0.3, 0.4) is 0 Å². The van der Waals surface area contributed by atoms with E-state index in [1.54, 1.807) is 18.4 Å². The van der Waals surface area contributed by atoms with Crippen LogP contribution in [0.1, 0.15) is 5.76 Å². The lowest BCUT2D eigenvalue weighted by Crippen LogP contribution is -2.37. The first-order valence-corrected chi connectivity index (χ1v) is 6.16. The fraction of sp³-hybridized carbons (Fsp3) is 0.214. The van der Waals surface area contributed by atoms with Crippen molar-refractivity contribution in [3.05, 3.63) is 54.2 Å². The highest BCUT2D eigenvalue weighted by Crippen LogP contribution is 2.10. The third kappa shape index (κ3) is 4.64. The molecule has 0 aliphatic carbocycles. The molecule has 5 nitrogen and oxygen atoms in total. The summed E-state index contributed by atoms with van der Waals surface area (Å²) < 4.78 is 23.1. The number of urea groups is 1. The SMILES string of the molecule is O=C(NCCOc1ccc(F)cc1)NCc1ccco1. The Labute approximate surface area is 115 Å². The quantitative estimate of drug-likeness (QED) is 0.797. The lowest BCUT2D eigenvalue weighted by Gasteiger charge is -2.08. The van der Waals surface area contributed by atoms with Gasteiger partial charge in [0.2, 0.25) is 0 Å². The van der Waals surface area contributed by atoms with Crippen LogP contribution >= 0.6 is 0 Å². The van der Waals surface area contributed by atoms with Gasteiger partial charge >= 0.3 is 6.03 Å². The second-order valence-corrected chi connectivity index (χ2v) is 3.99. The van der Waals surface area contributed by atoms with Crippen molar-refractivity contribution in [2.75, 3.05) is 13.2 Å². The van der Waals surface area contributed by atoms with Crippen molar-refractivity contribution in [2.24, 2.45) is 0 Å². The van der Waals surface area contributed by atoms with Gasteiger partial charge in [-0.2, -0.15) is 0 Å². The van der Waals surface area contributed by atoms with Crippen molar-refractivity contribution in [2.45, 2.75) is 6.54 Å². The number of benzene rings is 1. The van der Waals surface area contributed by atoms with E-state index in [1.807, 2.05) is 0 Å². The minimum absolute atomic E-state index is 0.302. The largest absolute Gasteiger partial charge is 0.492 e. The van der Waals surface area contributed by atoms with E-state index in [9.17, 15) is 9.18 Å². The van der Waals surface area contributed by atoms with Crippen LogP contribution < -0.4 is 15.4 Å². The first kappa shape index (κ1) is 13.9. The van der Waals surface area contributed by atoms with E-state index in [4.69, 9.17) is 9.15 Å². The van der Waals surface area contributed by atoms with Crippen LogP contribution in [0.15, 0.2) is 47.1 Å². The molecular formula is C14H15FN2O3. The van der Waals surface area contributed by atoms with E-state index in [0.29, 0.717) is 31.2 Å². The highest BCUT2D eigenvalue weighted by atomic mass is 19.1. The summed E-state index contributed by atoms with van der Waals surface area (Å²) >= 11 is 0. The maximum absolute atomic E-state index is 12.7. The second kappa shape index (κ2) is 7.18. The molecular weight excluding hydrogens is 263 g/mol. The van der Waals surface area contributed by atoms with Crippen molar-refractivity contribution in [3.63, 3.8) is 0 Å². The molecule has 0 aliphatic rings. The summed E-state index contributed by atoms with van der Waals surface area (Å²) in [7, 11) is 0. The number of carbonyl (C=O) groups is 1. The van der Waals surface area contributed by atoms with E-state index in [-0.39, 0.29) is 11.8 Å². The third-order valence-corrected chi connectivity index (χ3v) is 2.47. The van der Waals surface area contributed by atoms with Gasteiger partial charge in [-0.3, -0.25) is 0 Å². The molecule has 106 valence electrons. The number of ether oxygens (including phenoxy) is 1. The van der Waals surface area contributed by atoms with Crippen molar-refractivity contribution in [1.29, 1.82) is 0 Å². The molecule has 0 unspecified atom stereocenters. The first-order chi connectivity index (χ1) is 9.74. The zero-order valence-electron chi connectivity index (χ0n) is 10.8. The zero-order valence-corrected chi connectivity index (χ0v) is 10.8. The fourth-order valence-corrected chi connectivity index (χ4v) is 1.51. The monoisotopic (exact) mass is 278 g/mol. The summed E-state index contributed by atoms with van der Waals surface area (Å²) in [5.41, 5.74) is 0. The van der Waals surface area contributed by atoms with Gasteiger partial charge in [-0.15, -0.1) is 0 Å². The molecule has 0 spiro atoms. The number of rotatable bonds is 6. The maximum atomic E-state index is 12.7. The van der Waals surface area contributed by atoms with E-state index in [1.165, 1.54) is 24.3 Å². The molecule has 1 aromatic heterocycles. The molecule has 0 radical (unpaired) electrons. The van der Waals surface area contributed by atoms with Gasteiger partial charge in [0.15, 0.2) is 0 Å². The smallest absolute Gasteiger partial charge is 0.315 e. The molecule has 2 rings (SSSR count). The third-order valence-electron chi connectivity index (χ3n) is 2.47. The number of hydrogen-bond acceptors (Lipinski definition) is 3. The van der Waals surface area contributed by atoms with Crippen molar-refractivity contribution >= 4 is 6.03 Å². The molecule has 0 saturated carbocycles. The number of halogens is 1. The van der Waals surface area contributed by atoms with Gasteiger partial charge in [0.25, 0.3) is 0 Å². The van der Waals surface area contributed by atoms with Gasteiger partial charge in [-0.05, 0) is 36.4 Å². The number of hydrogen-bond donors (Lipinski definition) is 2. The normalized spacial score (nSPS) is 10.1. The molecule has 0 fully saturated rings. The Balaban J connectivity index is 1.58. The molecule has 0 atom stereocenters. The zero-order chi connectivity index (χ0) is 14.2. The Morgan fingerprint density at radius 1 is 1.20 bits per heavy atom. The molecule has 2 aromatic rings. The summed E-state index contributed by atoms with van der Waals surface area (Å²) in [4.78, 5) is 11.4. The molecule has 2 N–H and O–H groups in total. The molecule has 0 bridgehead atoms. The highest BCUT2D eigenvalue weighted by molar-refractivity contribution is 5.73. The predicted molar refractivity (Wildman–Crippen MR) is 70.8 cm³/mol. The average molecular weight is 278 g/mol. The van der Waals surface area contributed by atoms with Gasteiger partial charge in [0, 0.05) is 0 Å². The minimum Gasteiger partial charge on any atom is -0.492 e. The predicted octanol–water partition coefficient (Wildman–Crippen LogP) is 2.30. The van der Waals surface area contributed by atoms with Crippen LogP contribution in [-0.4, -0.2) is 19.2 Å². The summed E-state index contributed by atoms with van der Waals surface area (Å²) in [5.74, 6) is 0.930. The topological polar surface area (TPSA) is 63.5 Å². The van der Waals surface area contributed by atoms with Gasteiger partial charge in [-0.1, -0.05) is 0 Å². The summed E-state index contributed by atoms with van der Waals surface area (Å²) in [5, 5.41) is 5.28. The fourth-order valence-electron chi connectivity index (χ4n) is 1.51. The van der Waals surface area contributed by atoms with Crippen molar-refractivity contribution in [3.8, 4) is 5.75 Å². The number of nitrogens with one attached hydrogen (secondary N) is 2. The molecule has 1 heterocycles. The molecule has 20 heavy (non-hydrogen) atoms. The van der Waals surface area contributed by atoms with E-state index in [2.05, 4.69) is 10.6 Å². The van der Waals surface area contributed by atoms with Gasteiger partial charge < -0.3 is 19.8 Å². The Bertz CT molecular complexity index is 526. The Hall–Kier alpha value is -2.50. The summed E-state index contributed by atoms with van der Waals surface area (Å²) in [6.07, 6.45) is 1.55. The van der Waals surface area contributed by atoms with E-state index < -0.39 is 0 Å². The summed E-state index contributed by atoms with van der Waals surface area (Å²) in [6.45, 7) is 0.985. The number of amides is 2. The molecule has 2 amide bonds.